The highest BCUT2D eigenvalue weighted by atomic mass is 35.5. The van der Waals surface area contributed by atoms with Gasteiger partial charge in [-0.3, -0.25) is 9.59 Å². The molecule has 0 spiro atoms. The van der Waals surface area contributed by atoms with Crippen LogP contribution in [0.1, 0.15) is 11.1 Å². The molecule has 0 atom stereocenters. The molecule has 0 unspecified atom stereocenters. The minimum absolute atomic E-state index is 0.331. The molecule has 4 rings (SSSR count). The first-order valence-electron chi connectivity index (χ1n) is 9.30. The molecule has 3 nitrogen and oxygen atoms in total. The fourth-order valence-electron chi connectivity index (χ4n) is 2.97. The van der Waals surface area contributed by atoms with Crippen LogP contribution < -0.4 is 4.90 Å². The Morgan fingerprint density at radius 3 is 1.60 bits per heavy atom. The van der Waals surface area contributed by atoms with Gasteiger partial charge in [0.15, 0.2) is 0 Å². The van der Waals surface area contributed by atoms with Crippen molar-refractivity contribution in [3.8, 4) is 0 Å². The van der Waals surface area contributed by atoms with Gasteiger partial charge < -0.3 is 0 Å². The summed E-state index contributed by atoms with van der Waals surface area (Å²) >= 11 is 8.74. The lowest BCUT2D eigenvalue weighted by molar-refractivity contribution is -0.120. The first-order valence-corrected chi connectivity index (χ1v) is 11.3. The number of carbonyl (C=O) groups is 2. The van der Waals surface area contributed by atoms with Crippen LogP contribution in [0, 0.1) is 13.8 Å². The van der Waals surface area contributed by atoms with E-state index in [1.54, 1.807) is 24.3 Å². The van der Waals surface area contributed by atoms with E-state index in [0.29, 0.717) is 20.5 Å². The van der Waals surface area contributed by atoms with Gasteiger partial charge in [0.2, 0.25) is 0 Å². The fraction of sp³-hybridized carbons (Fsp3) is 0.0833. The topological polar surface area (TPSA) is 37.4 Å². The quantitative estimate of drug-likeness (QED) is 0.408. The standard InChI is InChI=1S/C24H18ClNO2S2/c1-15-6-10-19(11-7-15)29-21-22(30-20-12-8-16(2)9-13-20)24(28)26(23(21)27)18-5-3-4-17(25)14-18/h3-14H,1-2H3. The van der Waals surface area contributed by atoms with E-state index in [1.807, 2.05) is 62.4 Å². The number of rotatable bonds is 5. The molecule has 0 N–H and O–H groups in total. The predicted molar refractivity (Wildman–Crippen MR) is 125 cm³/mol. The third-order valence-corrected chi connectivity index (χ3v) is 7.09. The molecule has 3 aromatic rings. The number of hydrogen-bond acceptors (Lipinski definition) is 4. The molecule has 0 fully saturated rings. The molecule has 3 aromatic carbocycles. The molecule has 30 heavy (non-hydrogen) atoms. The van der Waals surface area contributed by atoms with Crippen molar-refractivity contribution in [2.75, 3.05) is 4.90 Å². The van der Waals surface area contributed by atoms with Crippen molar-refractivity contribution in [1.29, 1.82) is 0 Å². The van der Waals surface area contributed by atoms with E-state index in [4.69, 9.17) is 11.6 Å². The van der Waals surface area contributed by atoms with E-state index in [9.17, 15) is 9.59 Å². The zero-order valence-electron chi connectivity index (χ0n) is 16.4. The van der Waals surface area contributed by atoms with Gasteiger partial charge >= 0.3 is 0 Å². The molecule has 0 aromatic heterocycles. The summed E-state index contributed by atoms with van der Waals surface area (Å²) in [5.41, 5.74) is 2.74. The number of aryl methyl sites for hydroxylation is 2. The van der Waals surface area contributed by atoms with Gasteiger partial charge in [-0.25, -0.2) is 4.90 Å². The minimum Gasteiger partial charge on any atom is -0.268 e. The highest BCUT2D eigenvalue weighted by Crippen LogP contribution is 2.44. The Bertz CT molecular complexity index is 1090. The van der Waals surface area contributed by atoms with Crippen molar-refractivity contribution in [1.82, 2.24) is 0 Å². The predicted octanol–water partition coefficient (Wildman–Crippen LogP) is 6.63. The zero-order valence-corrected chi connectivity index (χ0v) is 18.8. The second kappa shape index (κ2) is 8.72. The van der Waals surface area contributed by atoms with Gasteiger partial charge in [0.1, 0.15) is 0 Å². The lowest BCUT2D eigenvalue weighted by Crippen LogP contribution is -2.31. The van der Waals surface area contributed by atoms with Crippen LogP contribution in [0.3, 0.4) is 0 Å². The minimum atomic E-state index is -0.331. The largest absolute Gasteiger partial charge is 0.273 e. The summed E-state index contributed by atoms with van der Waals surface area (Å²) in [7, 11) is 0. The Hall–Kier alpha value is -2.47. The van der Waals surface area contributed by atoms with Crippen LogP contribution in [0.15, 0.2) is 92.4 Å². The van der Waals surface area contributed by atoms with E-state index in [2.05, 4.69) is 0 Å². The third-order valence-electron chi connectivity index (χ3n) is 4.55. The first kappa shape index (κ1) is 20.8. The first-order chi connectivity index (χ1) is 14.4. The molecule has 1 heterocycles. The van der Waals surface area contributed by atoms with Crippen LogP contribution in [0.2, 0.25) is 5.02 Å². The number of carbonyl (C=O) groups excluding carboxylic acids is 2. The van der Waals surface area contributed by atoms with Crippen molar-refractivity contribution in [2.45, 2.75) is 23.6 Å². The fourth-order valence-corrected chi connectivity index (χ4v) is 5.14. The molecule has 1 aliphatic rings. The van der Waals surface area contributed by atoms with Gasteiger partial charge in [-0.05, 0) is 56.3 Å². The van der Waals surface area contributed by atoms with Crippen molar-refractivity contribution in [3.63, 3.8) is 0 Å². The van der Waals surface area contributed by atoms with Crippen molar-refractivity contribution >= 4 is 52.6 Å². The summed E-state index contributed by atoms with van der Waals surface area (Å²) in [4.78, 5) is 30.5. The number of anilines is 1. The van der Waals surface area contributed by atoms with Crippen molar-refractivity contribution in [3.05, 3.63) is 98.8 Å². The lowest BCUT2D eigenvalue weighted by Gasteiger charge is -2.15. The Balaban J connectivity index is 1.74. The highest BCUT2D eigenvalue weighted by molar-refractivity contribution is 8.08. The van der Waals surface area contributed by atoms with Gasteiger partial charge in [0.25, 0.3) is 11.8 Å². The van der Waals surface area contributed by atoms with Gasteiger partial charge in [-0.2, -0.15) is 0 Å². The molecule has 0 bridgehead atoms. The number of halogens is 1. The Labute approximate surface area is 189 Å². The monoisotopic (exact) mass is 451 g/mol. The molecule has 1 aliphatic heterocycles. The van der Waals surface area contributed by atoms with E-state index < -0.39 is 0 Å². The summed E-state index contributed by atoms with van der Waals surface area (Å²) in [6, 6.07) is 22.6. The van der Waals surface area contributed by atoms with Gasteiger partial charge in [-0.1, -0.05) is 76.6 Å². The average Bonchev–Trinajstić information content (AvgIpc) is 2.95. The maximum Gasteiger partial charge on any atom is 0.273 e. The molecule has 0 saturated heterocycles. The van der Waals surface area contributed by atoms with E-state index in [0.717, 1.165) is 20.9 Å². The summed E-state index contributed by atoms with van der Waals surface area (Å²) in [6.45, 7) is 4.02. The third kappa shape index (κ3) is 4.33. The summed E-state index contributed by atoms with van der Waals surface area (Å²) in [5.74, 6) is -0.662. The molecule has 2 amide bonds. The number of amides is 2. The van der Waals surface area contributed by atoms with Crippen LogP contribution in [0.25, 0.3) is 0 Å². The number of benzene rings is 3. The normalized spacial score (nSPS) is 14.0. The van der Waals surface area contributed by atoms with Crippen LogP contribution in [-0.4, -0.2) is 11.8 Å². The molecule has 0 radical (unpaired) electrons. The van der Waals surface area contributed by atoms with Crippen LogP contribution in [0.5, 0.6) is 0 Å². The Morgan fingerprint density at radius 1 is 0.700 bits per heavy atom. The maximum absolute atomic E-state index is 13.3. The number of imide groups is 1. The maximum atomic E-state index is 13.3. The van der Waals surface area contributed by atoms with Crippen LogP contribution >= 0.6 is 35.1 Å². The molecule has 150 valence electrons. The van der Waals surface area contributed by atoms with Gasteiger partial charge in [-0.15, -0.1) is 0 Å². The number of hydrogen-bond donors (Lipinski definition) is 0. The number of nitrogens with zero attached hydrogens (tertiary/aromatic N) is 1. The molecular weight excluding hydrogens is 434 g/mol. The molecule has 6 heteroatoms. The smallest absolute Gasteiger partial charge is 0.268 e. The van der Waals surface area contributed by atoms with Crippen molar-refractivity contribution < 1.29 is 9.59 Å². The lowest BCUT2D eigenvalue weighted by atomic mass is 10.2. The van der Waals surface area contributed by atoms with E-state index >= 15 is 0 Å². The van der Waals surface area contributed by atoms with Crippen LogP contribution in [0.4, 0.5) is 5.69 Å². The zero-order chi connectivity index (χ0) is 21.3. The molecule has 0 aliphatic carbocycles. The van der Waals surface area contributed by atoms with Gasteiger partial charge in [0.05, 0.1) is 15.5 Å². The molecule has 0 saturated carbocycles. The number of thioether (sulfide) groups is 2. The second-order valence-corrected chi connectivity index (χ2v) is 9.52. The van der Waals surface area contributed by atoms with Crippen LogP contribution in [-0.2, 0) is 9.59 Å². The summed E-state index contributed by atoms with van der Waals surface area (Å²) in [6.07, 6.45) is 0. The van der Waals surface area contributed by atoms with Crippen molar-refractivity contribution in [2.24, 2.45) is 0 Å². The Kier molecular flexibility index (Phi) is 6.04. The highest BCUT2D eigenvalue weighted by Gasteiger charge is 2.40. The van der Waals surface area contributed by atoms with E-state index in [-0.39, 0.29) is 11.8 Å². The summed E-state index contributed by atoms with van der Waals surface area (Å²) < 4.78 is 0. The average molecular weight is 452 g/mol. The van der Waals surface area contributed by atoms with Gasteiger partial charge in [0, 0.05) is 14.8 Å². The molecular formula is C24H18ClNO2S2. The Morgan fingerprint density at radius 2 is 1.17 bits per heavy atom. The van der Waals surface area contributed by atoms with E-state index in [1.165, 1.54) is 28.4 Å². The SMILES string of the molecule is Cc1ccc(SC2=C(Sc3ccc(C)cc3)C(=O)N(c3cccc(Cl)c3)C2=O)cc1. The second-order valence-electron chi connectivity index (χ2n) is 6.91. The summed E-state index contributed by atoms with van der Waals surface area (Å²) in [5, 5.41) is 0.473.